The van der Waals surface area contributed by atoms with Crippen LogP contribution in [0.1, 0.15) is 18.4 Å². The lowest BCUT2D eigenvalue weighted by molar-refractivity contribution is -0.144. The summed E-state index contributed by atoms with van der Waals surface area (Å²) >= 11 is 0. The van der Waals surface area contributed by atoms with Gasteiger partial charge < -0.3 is 20.3 Å². The molecule has 0 unspecified atom stereocenters. The molecular weight excluding hydrogens is 411 g/mol. The maximum absolute atomic E-state index is 14.9. The van der Waals surface area contributed by atoms with Crippen LogP contribution in [0.2, 0.25) is 0 Å². The first kappa shape index (κ1) is 20.7. The highest BCUT2D eigenvalue weighted by atomic mass is 19.1. The van der Waals surface area contributed by atoms with Gasteiger partial charge in [-0.2, -0.15) is 0 Å². The van der Waals surface area contributed by atoms with Crippen LogP contribution in [-0.2, 0) is 11.3 Å². The summed E-state index contributed by atoms with van der Waals surface area (Å²) in [5, 5.41) is 14.0. The Hall–Kier alpha value is -3.23. The lowest BCUT2D eigenvalue weighted by Crippen LogP contribution is -2.51. The van der Waals surface area contributed by atoms with Gasteiger partial charge >= 0.3 is 0 Å². The second kappa shape index (κ2) is 8.03. The molecule has 1 amide bonds. The topological polar surface area (TPSA) is 95.8 Å². The molecule has 166 valence electrons. The Kier molecular flexibility index (Phi) is 5.19. The van der Waals surface area contributed by atoms with E-state index in [1.165, 1.54) is 0 Å². The molecule has 1 saturated carbocycles. The van der Waals surface area contributed by atoms with E-state index in [9.17, 15) is 14.3 Å². The molecule has 0 bridgehead atoms. The average Bonchev–Trinajstić information content (AvgIpc) is 3.41. The van der Waals surface area contributed by atoms with Crippen molar-refractivity contribution in [1.82, 2.24) is 15.0 Å². The van der Waals surface area contributed by atoms with E-state index in [1.807, 2.05) is 36.4 Å². The highest BCUT2D eigenvalue weighted by Crippen LogP contribution is 2.37. The van der Waals surface area contributed by atoms with Crippen molar-refractivity contribution >= 4 is 11.8 Å². The third kappa shape index (κ3) is 4.11. The van der Waals surface area contributed by atoms with E-state index in [2.05, 4.69) is 10.1 Å². The maximum atomic E-state index is 14.9. The van der Waals surface area contributed by atoms with Crippen molar-refractivity contribution in [2.24, 2.45) is 0 Å². The number of hydrogen-bond donors (Lipinski definition) is 2. The van der Waals surface area contributed by atoms with Gasteiger partial charge in [0.05, 0.1) is 0 Å². The van der Waals surface area contributed by atoms with E-state index in [0.717, 1.165) is 16.7 Å². The monoisotopic (exact) mass is 436 g/mol. The van der Waals surface area contributed by atoms with Crippen LogP contribution < -0.4 is 5.73 Å². The maximum Gasteiger partial charge on any atom is 0.254 e. The Balaban J connectivity index is 1.25. The van der Waals surface area contributed by atoms with Crippen molar-refractivity contribution in [3.63, 3.8) is 0 Å². The molecule has 0 atom stereocenters. The molecule has 2 aromatic carbocycles. The summed E-state index contributed by atoms with van der Waals surface area (Å²) < 4.78 is 19.9. The largest absolute Gasteiger partial charge is 0.380 e. The summed E-state index contributed by atoms with van der Waals surface area (Å²) in [5.74, 6) is -0.179. The van der Waals surface area contributed by atoms with Crippen LogP contribution in [0.25, 0.3) is 22.4 Å². The lowest BCUT2D eigenvalue weighted by atomic mass is 10.00. The fourth-order valence-corrected chi connectivity index (χ4v) is 4.12. The molecule has 0 radical (unpaired) electrons. The number of halogens is 1. The first-order chi connectivity index (χ1) is 15.4. The predicted octanol–water partition coefficient (Wildman–Crippen LogP) is 2.90. The van der Waals surface area contributed by atoms with Gasteiger partial charge in [-0.05, 0) is 36.1 Å². The molecule has 5 rings (SSSR count). The number of nitrogens with zero attached hydrogens (tertiary/aromatic N) is 3. The molecule has 1 aromatic heterocycles. The molecule has 3 aromatic rings. The van der Waals surface area contributed by atoms with E-state index in [1.54, 1.807) is 17.0 Å². The summed E-state index contributed by atoms with van der Waals surface area (Å²) in [5.41, 5.74) is 8.23. The van der Waals surface area contributed by atoms with Gasteiger partial charge in [0.1, 0.15) is 17.1 Å². The number of nitrogens with two attached hydrogens (primary N) is 1. The average molecular weight is 436 g/mol. The zero-order chi connectivity index (χ0) is 22.3. The minimum absolute atomic E-state index is 0.164. The molecule has 3 N–H and O–H groups in total. The Labute approximate surface area is 185 Å². The van der Waals surface area contributed by atoms with Crippen LogP contribution >= 0.6 is 0 Å². The van der Waals surface area contributed by atoms with E-state index < -0.39 is 5.60 Å². The number of carbonyl (C=O) groups is 1. The third-order valence-electron chi connectivity index (χ3n) is 6.25. The fraction of sp³-hybridized carbons (Fsp3) is 0.333. The number of rotatable bonds is 5. The number of carbonyl (C=O) groups excluding carboxylic acids is 1. The minimum Gasteiger partial charge on any atom is -0.380 e. The van der Waals surface area contributed by atoms with Gasteiger partial charge in [0, 0.05) is 49.9 Å². The van der Waals surface area contributed by atoms with E-state index >= 15 is 0 Å². The molecule has 2 aliphatic rings. The molecule has 1 aliphatic carbocycles. The van der Waals surface area contributed by atoms with Crippen molar-refractivity contribution in [3.05, 3.63) is 59.9 Å². The molecule has 0 spiro atoms. The zero-order valence-corrected chi connectivity index (χ0v) is 17.6. The lowest BCUT2D eigenvalue weighted by Gasteiger charge is -2.35. The SMILES string of the molecule is Nc1cc(-c2cccc(-c3ccc(CN4CCN(C(=O)C5(O)CC5)CC4)c(F)c3)c2)no1. The number of aromatic nitrogens is 1. The Morgan fingerprint density at radius 3 is 2.44 bits per heavy atom. The smallest absolute Gasteiger partial charge is 0.254 e. The first-order valence-corrected chi connectivity index (χ1v) is 10.8. The normalized spacial score (nSPS) is 18.0. The predicted molar refractivity (Wildman–Crippen MR) is 118 cm³/mol. The van der Waals surface area contributed by atoms with E-state index in [-0.39, 0.29) is 17.6 Å². The number of piperazine rings is 1. The van der Waals surface area contributed by atoms with Crippen molar-refractivity contribution in [3.8, 4) is 22.4 Å². The number of hydrogen-bond acceptors (Lipinski definition) is 6. The van der Waals surface area contributed by atoms with Crippen molar-refractivity contribution in [2.45, 2.75) is 25.0 Å². The van der Waals surface area contributed by atoms with Crippen LogP contribution in [-0.4, -0.2) is 57.8 Å². The number of amides is 1. The van der Waals surface area contributed by atoms with E-state index in [4.69, 9.17) is 10.3 Å². The van der Waals surface area contributed by atoms with Crippen LogP contribution in [0, 0.1) is 5.82 Å². The molecular formula is C24H25FN4O3. The Bertz CT molecular complexity index is 1150. The summed E-state index contributed by atoms with van der Waals surface area (Å²) in [6.45, 7) is 2.91. The van der Waals surface area contributed by atoms with E-state index in [0.29, 0.717) is 56.8 Å². The van der Waals surface area contributed by atoms with Crippen LogP contribution in [0.3, 0.4) is 0 Å². The van der Waals surface area contributed by atoms with Crippen LogP contribution in [0.15, 0.2) is 53.1 Å². The zero-order valence-electron chi connectivity index (χ0n) is 17.6. The summed E-state index contributed by atoms with van der Waals surface area (Å²) in [7, 11) is 0. The summed E-state index contributed by atoms with van der Waals surface area (Å²) in [6, 6.07) is 14.6. The molecule has 32 heavy (non-hydrogen) atoms. The molecule has 8 heteroatoms. The molecule has 2 heterocycles. The van der Waals surface area contributed by atoms with Crippen molar-refractivity contribution in [1.29, 1.82) is 0 Å². The Morgan fingerprint density at radius 1 is 1.06 bits per heavy atom. The van der Waals surface area contributed by atoms with Crippen LogP contribution in [0.4, 0.5) is 10.3 Å². The quantitative estimate of drug-likeness (QED) is 0.639. The van der Waals surface area contributed by atoms with Gasteiger partial charge in [-0.15, -0.1) is 0 Å². The van der Waals surface area contributed by atoms with Gasteiger partial charge in [0.2, 0.25) is 5.88 Å². The summed E-state index contributed by atoms with van der Waals surface area (Å²) in [6.07, 6.45) is 1.11. The van der Waals surface area contributed by atoms with Gasteiger partial charge in [0.15, 0.2) is 0 Å². The van der Waals surface area contributed by atoms with Gasteiger partial charge in [-0.1, -0.05) is 35.5 Å². The minimum atomic E-state index is -1.12. The third-order valence-corrected chi connectivity index (χ3v) is 6.25. The molecule has 1 saturated heterocycles. The highest BCUT2D eigenvalue weighted by Gasteiger charge is 2.50. The Morgan fingerprint density at radius 2 is 1.78 bits per heavy atom. The number of anilines is 1. The highest BCUT2D eigenvalue weighted by molar-refractivity contribution is 5.87. The molecule has 7 nitrogen and oxygen atoms in total. The standard InChI is InChI=1S/C24H25FN4O3/c25-20-13-17(16-2-1-3-18(12-16)21-14-22(26)32-27-21)4-5-19(20)15-28-8-10-29(11-9-28)23(30)24(31)6-7-24/h1-5,12-14,31H,6-11,15,26H2. The van der Waals surface area contributed by atoms with Crippen molar-refractivity contribution in [2.75, 3.05) is 31.9 Å². The number of nitrogen functional groups attached to an aromatic ring is 1. The number of benzene rings is 2. The van der Waals surface area contributed by atoms with Gasteiger partial charge in [-0.3, -0.25) is 9.69 Å². The first-order valence-electron chi connectivity index (χ1n) is 10.8. The fourth-order valence-electron chi connectivity index (χ4n) is 4.12. The summed E-state index contributed by atoms with van der Waals surface area (Å²) in [4.78, 5) is 16.1. The number of aliphatic hydroxyl groups is 1. The second-order valence-electron chi connectivity index (χ2n) is 8.60. The molecule has 2 fully saturated rings. The van der Waals surface area contributed by atoms with Gasteiger partial charge in [0.25, 0.3) is 5.91 Å². The second-order valence-corrected chi connectivity index (χ2v) is 8.60. The van der Waals surface area contributed by atoms with Crippen LogP contribution in [0.5, 0.6) is 0 Å². The van der Waals surface area contributed by atoms with Crippen molar-refractivity contribution < 1.29 is 18.8 Å². The molecule has 1 aliphatic heterocycles. The van der Waals surface area contributed by atoms with Gasteiger partial charge in [-0.25, -0.2) is 4.39 Å².